The van der Waals surface area contributed by atoms with Gasteiger partial charge < -0.3 is 9.88 Å². The first-order chi connectivity index (χ1) is 15.6. The van der Waals surface area contributed by atoms with Gasteiger partial charge in [-0.1, -0.05) is 18.2 Å². The van der Waals surface area contributed by atoms with Gasteiger partial charge in [0, 0.05) is 42.9 Å². The molecule has 0 aliphatic carbocycles. The molecule has 0 saturated carbocycles. The molecule has 2 aromatic heterocycles. The SMILES string of the molecule is CCn1cnnc1CCNC(=O)C=Cc1cn(-c2ccccc2)nc1-c1ccc(F)cc1. The highest BCUT2D eigenvalue weighted by Crippen LogP contribution is 2.25. The number of halogens is 1. The van der Waals surface area contributed by atoms with Gasteiger partial charge in [0.25, 0.3) is 0 Å². The van der Waals surface area contributed by atoms with Crippen molar-refractivity contribution in [3.63, 3.8) is 0 Å². The number of hydrogen-bond acceptors (Lipinski definition) is 4. The lowest BCUT2D eigenvalue weighted by atomic mass is 10.1. The van der Waals surface area contributed by atoms with Gasteiger partial charge in [-0.2, -0.15) is 5.10 Å². The smallest absolute Gasteiger partial charge is 0.244 e. The average molecular weight is 430 g/mol. The van der Waals surface area contributed by atoms with Crippen LogP contribution in [0.2, 0.25) is 0 Å². The van der Waals surface area contributed by atoms with E-state index in [2.05, 4.69) is 20.6 Å². The minimum Gasteiger partial charge on any atom is -0.352 e. The van der Waals surface area contributed by atoms with Gasteiger partial charge in [-0.15, -0.1) is 10.2 Å². The van der Waals surface area contributed by atoms with Crippen LogP contribution in [0.3, 0.4) is 0 Å². The molecular formula is C24H23FN6O. The molecule has 2 aromatic carbocycles. The van der Waals surface area contributed by atoms with E-state index in [1.54, 1.807) is 29.2 Å². The van der Waals surface area contributed by atoms with Crippen molar-refractivity contribution in [3.05, 3.63) is 90.4 Å². The van der Waals surface area contributed by atoms with E-state index < -0.39 is 0 Å². The molecule has 0 saturated heterocycles. The number of amides is 1. The minimum atomic E-state index is -0.313. The largest absolute Gasteiger partial charge is 0.352 e. The Kier molecular flexibility index (Phi) is 6.50. The third-order valence-corrected chi connectivity index (χ3v) is 4.98. The number of para-hydroxylation sites is 1. The van der Waals surface area contributed by atoms with Gasteiger partial charge in [0.2, 0.25) is 5.91 Å². The van der Waals surface area contributed by atoms with Crippen LogP contribution in [0.5, 0.6) is 0 Å². The molecule has 0 fully saturated rings. The van der Waals surface area contributed by atoms with E-state index in [-0.39, 0.29) is 11.7 Å². The molecule has 7 nitrogen and oxygen atoms in total. The zero-order valence-electron chi connectivity index (χ0n) is 17.6. The van der Waals surface area contributed by atoms with Crippen molar-refractivity contribution in [2.24, 2.45) is 0 Å². The third-order valence-electron chi connectivity index (χ3n) is 4.98. The van der Waals surface area contributed by atoms with E-state index >= 15 is 0 Å². The number of carbonyl (C=O) groups is 1. The van der Waals surface area contributed by atoms with Gasteiger partial charge in [-0.3, -0.25) is 4.79 Å². The van der Waals surface area contributed by atoms with Crippen molar-refractivity contribution in [3.8, 4) is 16.9 Å². The fourth-order valence-corrected chi connectivity index (χ4v) is 3.31. The van der Waals surface area contributed by atoms with E-state index in [4.69, 9.17) is 0 Å². The molecule has 0 atom stereocenters. The summed E-state index contributed by atoms with van der Waals surface area (Å²) in [7, 11) is 0. The number of aromatic nitrogens is 5. The summed E-state index contributed by atoms with van der Waals surface area (Å²) in [6, 6.07) is 15.8. The summed E-state index contributed by atoms with van der Waals surface area (Å²) in [5.41, 5.74) is 3.07. The second-order valence-electron chi connectivity index (χ2n) is 7.13. The maximum absolute atomic E-state index is 13.4. The molecule has 162 valence electrons. The van der Waals surface area contributed by atoms with Crippen LogP contribution < -0.4 is 5.32 Å². The Morgan fingerprint density at radius 1 is 1.12 bits per heavy atom. The van der Waals surface area contributed by atoms with Crippen LogP contribution in [0.1, 0.15) is 18.3 Å². The number of carbonyl (C=O) groups excluding carboxylic acids is 1. The average Bonchev–Trinajstić information content (AvgIpc) is 3.46. The lowest BCUT2D eigenvalue weighted by molar-refractivity contribution is -0.116. The molecule has 0 aliphatic heterocycles. The summed E-state index contributed by atoms with van der Waals surface area (Å²) >= 11 is 0. The van der Waals surface area contributed by atoms with E-state index in [1.165, 1.54) is 18.2 Å². The van der Waals surface area contributed by atoms with Crippen molar-refractivity contribution >= 4 is 12.0 Å². The van der Waals surface area contributed by atoms with Crippen molar-refractivity contribution < 1.29 is 9.18 Å². The fraction of sp³-hybridized carbons (Fsp3) is 0.167. The second kappa shape index (κ2) is 9.82. The summed E-state index contributed by atoms with van der Waals surface area (Å²) in [6.07, 6.45) is 7.32. The zero-order chi connectivity index (χ0) is 22.3. The van der Waals surface area contributed by atoms with Crippen LogP contribution >= 0.6 is 0 Å². The van der Waals surface area contributed by atoms with Crippen LogP contribution in [0, 0.1) is 5.82 Å². The number of aryl methyl sites for hydroxylation is 1. The van der Waals surface area contributed by atoms with Crippen LogP contribution in [-0.2, 0) is 17.8 Å². The predicted molar refractivity (Wildman–Crippen MR) is 120 cm³/mol. The molecule has 0 radical (unpaired) electrons. The quantitative estimate of drug-likeness (QED) is 0.433. The molecule has 32 heavy (non-hydrogen) atoms. The van der Waals surface area contributed by atoms with E-state index in [9.17, 15) is 9.18 Å². The van der Waals surface area contributed by atoms with Gasteiger partial charge in [-0.05, 0) is 49.4 Å². The van der Waals surface area contributed by atoms with Gasteiger partial charge >= 0.3 is 0 Å². The maximum Gasteiger partial charge on any atom is 0.244 e. The molecular weight excluding hydrogens is 407 g/mol. The molecule has 4 rings (SSSR count). The molecule has 8 heteroatoms. The first kappa shape index (κ1) is 21.2. The Morgan fingerprint density at radius 3 is 2.66 bits per heavy atom. The minimum absolute atomic E-state index is 0.218. The first-order valence-corrected chi connectivity index (χ1v) is 10.4. The third kappa shape index (κ3) is 4.97. The number of nitrogens with zero attached hydrogens (tertiary/aromatic N) is 5. The maximum atomic E-state index is 13.4. The van der Waals surface area contributed by atoms with Crippen LogP contribution in [0.25, 0.3) is 23.0 Å². The zero-order valence-corrected chi connectivity index (χ0v) is 17.6. The van der Waals surface area contributed by atoms with Gasteiger partial charge in [0.05, 0.1) is 11.4 Å². The molecule has 0 unspecified atom stereocenters. The predicted octanol–water partition coefficient (Wildman–Crippen LogP) is 3.66. The lowest BCUT2D eigenvalue weighted by Crippen LogP contribution is -2.24. The summed E-state index contributed by atoms with van der Waals surface area (Å²) in [5.74, 6) is 0.302. The molecule has 0 spiro atoms. The van der Waals surface area contributed by atoms with Gasteiger partial charge in [0.15, 0.2) is 0 Å². The molecule has 4 aromatic rings. The standard InChI is InChI=1S/C24H23FN6O/c1-2-30-17-27-28-22(30)14-15-26-23(32)13-10-19-16-31(21-6-4-3-5-7-21)29-24(19)18-8-11-20(25)12-9-18/h3-13,16-17H,2,14-15H2,1H3,(H,26,32). The lowest BCUT2D eigenvalue weighted by Gasteiger charge is -2.03. The molecule has 2 heterocycles. The first-order valence-electron chi connectivity index (χ1n) is 10.4. The number of benzene rings is 2. The highest BCUT2D eigenvalue weighted by Gasteiger charge is 2.11. The number of hydrogen-bond donors (Lipinski definition) is 1. The monoisotopic (exact) mass is 430 g/mol. The van der Waals surface area contributed by atoms with Crippen molar-refractivity contribution in [2.75, 3.05) is 6.54 Å². The van der Waals surface area contributed by atoms with Gasteiger partial charge in [0.1, 0.15) is 18.0 Å². The van der Waals surface area contributed by atoms with E-state index in [0.717, 1.165) is 29.2 Å². The number of nitrogens with one attached hydrogen (secondary N) is 1. The molecule has 0 aliphatic rings. The Morgan fingerprint density at radius 2 is 1.91 bits per heavy atom. The Labute approximate surface area is 185 Å². The van der Waals surface area contributed by atoms with Crippen LogP contribution in [-0.4, -0.2) is 37.0 Å². The number of rotatable bonds is 8. The molecule has 0 bridgehead atoms. The normalized spacial score (nSPS) is 11.2. The highest BCUT2D eigenvalue weighted by atomic mass is 19.1. The van der Waals surface area contributed by atoms with E-state index in [1.807, 2.05) is 48.0 Å². The van der Waals surface area contributed by atoms with Crippen LogP contribution in [0.4, 0.5) is 4.39 Å². The van der Waals surface area contributed by atoms with Gasteiger partial charge in [-0.25, -0.2) is 9.07 Å². The Balaban J connectivity index is 1.51. The fourth-order valence-electron chi connectivity index (χ4n) is 3.31. The molecule has 1 N–H and O–H groups in total. The molecule has 1 amide bonds. The van der Waals surface area contributed by atoms with Crippen molar-refractivity contribution in [1.29, 1.82) is 0 Å². The Bertz CT molecular complexity index is 1210. The van der Waals surface area contributed by atoms with Crippen LogP contribution in [0.15, 0.2) is 73.2 Å². The topological polar surface area (TPSA) is 77.6 Å². The van der Waals surface area contributed by atoms with E-state index in [0.29, 0.717) is 18.7 Å². The summed E-state index contributed by atoms with van der Waals surface area (Å²) in [4.78, 5) is 12.4. The summed E-state index contributed by atoms with van der Waals surface area (Å²) in [5, 5.41) is 15.5. The highest BCUT2D eigenvalue weighted by molar-refractivity contribution is 5.92. The summed E-state index contributed by atoms with van der Waals surface area (Å²) in [6.45, 7) is 3.26. The summed E-state index contributed by atoms with van der Waals surface area (Å²) < 4.78 is 17.1. The second-order valence-corrected chi connectivity index (χ2v) is 7.13. The van der Waals surface area contributed by atoms with Crippen molar-refractivity contribution in [2.45, 2.75) is 19.9 Å². The van der Waals surface area contributed by atoms with Crippen molar-refractivity contribution in [1.82, 2.24) is 29.9 Å². The Hall–Kier alpha value is -4.07.